The molecule has 3 rings (SSSR count). The van der Waals surface area contributed by atoms with Crippen LogP contribution in [0.3, 0.4) is 0 Å². The zero-order valence-corrected chi connectivity index (χ0v) is 13.2. The average molecular weight is 362 g/mol. The van der Waals surface area contributed by atoms with Gasteiger partial charge in [0.1, 0.15) is 5.69 Å². The van der Waals surface area contributed by atoms with Crippen molar-refractivity contribution < 1.29 is 4.79 Å². The lowest BCUT2D eigenvalue weighted by Crippen LogP contribution is -2.10. The molecule has 0 amide bonds. The highest BCUT2D eigenvalue weighted by Crippen LogP contribution is 2.24. The Morgan fingerprint density at radius 1 is 1.10 bits per heavy atom. The number of hydrogen-bond donors (Lipinski definition) is 0. The second kappa shape index (κ2) is 5.84. The van der Waals surface area contributed by atoms with Crippen LogP contribution in [-0.2, 0) is 0 Å². The fourth-order valence-corrected chi connectivity index (χ4v) is 2.82. The Bertz CT molecular complexity index is 799. The highest BCUT2D eigenvalue weighted by molar-refractivity contribution is 9.10. The maximum atomic E-state index is 12.7. The zero-order chi connectivity index (χ0) is 14.8. The van der Waals surface area contributed by atoms with Crippen LogP contribution in [0.1, 0.15) is 16.1 Å². The van der Waals surface area contributed by atoms with Gasteiger partial charge in [-0.1, -0.05) is 45.7 Å². The third-order valence-corrected chi connectivity index (χ3v) is 3.86. The van der Waals surface area contributed by atoms with E-state index in [1.165, 1.54) is 0 Å². The molecule has 21 heavy (non-hydrogen) atoms. The number of carbonyl (C=O) groups excluding carboxylic acids is 1. The summed E-state index contributed by atoms with van der Waals surface area (Å²) < 4.78 is 2.45. The first kappa shape index (κ1) is 14.0. The highest BCUT2D eigenvalue weighted by atomic mass is 79.9. The molecule has 0 aliphatic rings. The summed E-state index contributed by atoms with van der Waals surface area (Å²) in [7, 11) is 0. The Kier molecular flexibility index (Phi) is 3.90. The van der Waals surface area contributed by atoms with Crippen LogP contribution in [0, 0.1) is 0 Å². The molecule has 0 N–H and O–H groups in total. The SMILES string of the molecule is O=C(c1ccc(Br)cc1Cl)c1ccnn1-c1ccccc1. The summed E-state index contributed by atoms with van der Waals surface area (Å²) in [6, 6.07) is 16.4. The summed E-state index contributed by atoms with van der Waals surface area (Å²) in [6.45, 7) is 0. The lowest BCUT2D eigenvalue weighted by atomic mass is 10.1. The van der Waals surface area contributed by atoms with Crippen molar-refractivity contribution in [2.75, 3.05) is 0 Å². The fraction of sp³-hybridized carbons (Fsp3) is 0. The van der Waals surface area contributed by atoms with Crippen LogP contribution >= 0.6 is 27.5 Å². The minimum atomic E-state index is -0.158. The third kappa shape index (κ3) is 2.77. The molecule has 0 aliphatic carbocycles. The lowest BCUT2D eigenvalue weighted by molar-refractivity contribution is 0.103. The van der Waals surface area contributed by atoms with Gasteiger partial charge in [0, 0.05) is 10.0 Å². The molecule has 2 aromatic carbocycles. The van der Waals surface area contributed by atoms with Crippen LogP contribution in [0.25, 0.3) is 5.69 Å². The van der Waals surface area contributed by atoms with E-state index >= 15 is 0 Å². The van der Waals surface area contributed by atoms with Gasteiger partial charge in [0.05, 0.1) is 16.9 Å². The number of rotatable bonds is 3. The van der Waals surface area contributed by atoms with Crippen molar-refractivity contribution in [3.63, 3.8) is 0 Å². The first-order valence-electron chi connectivity index (χ1n) is 6.26. The molecule has 104 valence electrons. The quantitative estimate of drug-likeness (QED) is 0.643. The van der Waals surface area contributed by atoms with E-state index < -0.39 is 0 Å². The molecule has 0 saturated carbocycles. The van der Waals surface area contributed by atoms with Gasteiger partial charge < -0.3 is 0 Å². The second-order valence-corrected chi connectivity index (χ2v) is 5.74. The molecule has 0 fully saturated rings. The van der Waals surface area contributed by atoms with E-state index in [2.05, 4.69) is 21.0 Å². The summed E-state index contributed by atoms with van der Waals surface area (Å²) in [5.74, 6) is -0.158. The number of aromatic nitrogens is 2. The van der Waals surface area contributed by atoms with Crippen LogP contribution in [0.4, 0.5) is 0 Å². The summed E-state index contributed by atoms with van der Waals surface area (Å²) >= 11 is 9.49. The smallest absolute Gasteiger partial charge is 0.212 e. The predicted octanol–water partition coefficient (Wildman–Crippen LogP) is 4.52. The molecule has 0 bridgehead atoms. The Hall–Kier alpha value is -1.91. The molecule has 3 aromatic rings. The summed E-state index contributed by atoms with van der Waals surface area (Å²) in [5.41, 5.74) is 1.77. The number of para-hydroxylation sites is 1. The molecular formula is C16H10BrClN2O. The molecular weight excluding hydrogens is 352 g/mol. The standard InChI is InChI=1S/C16H10BrClN2O/c17-11-6-7-13(14(18)10-11)16(21)15-8-9-19-20(15)12-4-2-1-3-5-12/h1-10H. The number of halogens is 2. The van der Waals surface area contributed by atoms with Crippen molar-refractivity contribution >= 4 is 33.3 Å². The van der Waals surface area contributed by atoms with Crippen molar-refractivity contribution in [3.05, 3.63) is 81.5 Å². The lowest BCUT2D eigenvalue weighted by Gasteiger charge is -2.08. The number of hydrogen-bond acceptors (Lipinski definition) is 2. The monoisotopic (exact) mass is 360 g/mol. The van der Waals surface area contributed by atoms with E-state index in [4.69, 9.17) is 11.6 Å². The van der Waals surface area contributed by atoms with Gasteiger partial charge in [-0.3, -0.25) is 4.79 Å². The summed E-state index contributed by atoms with van der Waals surface area (Å²) in [4.78, 5) is 12.7. The van der Waals surface area contributed by atoms with Crippen LogP contribution < -0.4 is 0 Å². The van der Waals surface area contributed by atoms with Crippen LogP contribution in [-0.4, -0.2) is 15.6 Å². The summed E-state index contributed by atoms with van der Waals surface area (Å²) in [6.07, 6.45) is 1.60. The van der Waals surface area contributed by atoms with Gasteiger partial charge in [0.25, 0.3) is 0 Å². The molecule has 1 heterocycles. The normalized spacial score (nSPS) is 10.6. The van der Waals surface area contributed by atoms with Gasteiger partial charge in [-0.15, -0.1) is 0 Å². The highest BCUT2D eigenvalue weighted by Gasteiger charge is 2.18. The van der Waals surface area contributed by atoms with E-state index in [1.807, 2.05) is 30.3 Å². The third-order valence-electron chi connectivity index (χ3n) is 3.05. The van der Waals surface area contributed by atoms with Gasteiger partial charge in [-0.2, -0.15) is 5.10 Å². The topological polar surface area (TPSA) is 34.9 Å². The van der Waals surface area contributed by atoms with Crippen LogP contribution in [0.5, 0.6) is 0 Å². The second-order valence-electron chi connectivity index (χ2n) is 4.42. The van der Waals surface area contributed by atoms with E-state index in [0.29, 0.717) is 16.3 Å². The molecule has 0 aliphatic heterocycles. The Labute approximate surface area is 135 Å². The zero-order valence-electron chi connectivity index (χ0n) is 10.8. The minimum Gasteiger partial charge on any atom is -0.287 e. The molecule has 5 heteroatoms. The summed E-state index contributed by atoms with van der Waals surface area (Å²) in [5, 5.41) is 4.64. The van der Waals surface area contributed by atoms with E-state index in [1.54, 1.807) is 35.1 Å². The Morgan fingerprint density at radius 2 is 1.86 bits per heavy atom. The van der Waals surface area contributed by atoms with Crippen molar-refractivity contribution in [1.29, 1.82) is 0 Å². The van der Waals surface area contributed by atoms with Crippen molar-refractivity contribution in [3.8, 4) is 5.69 Å². The van der Waals surface area contributed by atoms with Gasteiger partial charge >= 0.3 is 0 Å². The Morgan fingerprint density at radius 3 is 2.57 bits per heavy atom. The molecule has 0 atom stereocenters. The van der Waals surface area contributed by atoms with Crippen molar-refractivity contribution in [2.24, 2.45) is 0 Å². The predicted molar refractivity (Wildman–Crippen MR) is 86.1 cm³/mol. The molecule has 0 saturated heterocycles. The molecule has 1 aromatic heterocycles. The number of nitrogens with zero attached hydrogens (tertiary/aromatic N) is 2. The fourth-order valence-electron chi connectivity index (χ4n) is 2.06. The maximum Gasteiger partial charge on any atom is 0.212 e. The number of carbonyl (C=O) groups is 1. The molecule has 0 radical (unpaired) electrons. The van der Waals surface area contributed by atoms with Crippen LogP contribution in [0.15, 0.2) is 65.3 Å². The maximum absolute atomic E-state index is 12.7. The molecule has 0 unspecified atom stereocenters. The van der Waals surface area contributed by atoms with Gasteiger partial charge in [0.2, 0.25) is 5.78 Å². The molecule has 0 spiro atoms. The van der Waals surface area contributed by atoms with E-state index in [0.717, 1.165) is 10.2 Å². The average Bonchev–Trinajstić information content (AvgIpc) is 2.97. The van der Waals surface area contributed by atoms with Gasteiger partial charge in [0.15, 0.2) is 0 Å². The van der Waals surface area contributed by atoms with Crippen molar-refractivity contribution in [2.45, 2.75) is 0 Å². The Balaban J connectivity index is 2.06. The minimum absolute atomic E-state index is 0.158. The van der Waals surface area contributed by atoms with Crippen molar-refractivity contribution in [1.82, 2.24) is 9.78 Å². The van der Waals surface area contributed by atoms with E-state index in [9.17, 15) is 4.79 Å². The largest absolute Gasteiger partial charge is 0.287 e. The number of benzene rings is 2. The van der Waals surface area contributed by atoms with Crippen LogP contribution in [0.2, 0.25) is 5.02 Å². The first-order chi connectivity index (χ1) is 10.2. The first-order valence-corrected chi connectivity index (χ1v) is 7.43. The van der Waals surface area contributed by atoms with Gasteiger partial charge in [-0.05, 0) is 36.4 Å². The van der Waals surface area contributed by atoms with E-state index in [-0.39, 0.29) is 5.78 Å². The van der Waals surface area contributed by atoms with Gasteiger partial charge in [-0.25, -0.2) is 4.68 Å². The molecule has 3 nitrogen and oxygen atoms in total. The number of ketones is 1.